The van der Waals surface area contributed by atoms with Crippen LogP contribution in [0.5, 0.6) is 0 Å². The quantitative estimate of drug-likeness (QED) is 0.686. The highest BCUT2D eigenvalue weighted by molar-refractivity contribution is 5.45. The van der Waals surface area contributed by atoms with Crippen LogP contribution in [-0.2, 0) is 4.74 Å². The number of ether oxygens (including phenoxy) is 1. The molecule has 2 N–H and O–H groups in total. The molecular weight excluding hydrogens is 220 g/mol. The number of aliphatic hydroxyl groups is 1. The Morgan fingerprint density at radius 1 is 1.35 bits per heavy atom. The van der Waals surface area contributed by atoms with E-state index in [0.29, 0.717) is 13.2 Å². The Morgan fingerprint density at radius 3 is 3.18 bits per heavy atom. The molecule has 0 unspecified atom stereocenters. The van der Waals surface area contributed by atoms with E-state index < -0.39 is 0 Å². The molecule has 2 aromatic heterocycles. The Kier molecular flexibility index (Phi) is 4.29. The average Bonchev–Trinajstić information content (AvgIpc) is 2.81. The molecule has 0 spiro atoms. The van der Waals surface area contributed by atoms with Crippen LogP contribution in [0.1, 0.15) is 6.42 Å². The maximum Gasteiger partial charge on any atom is 0.157 e. The first-order valence-corrected chi connectivity index (χ1v) is 5.63. The van der Waals surface area contributed by atoms with Gasteiger partial charge in [-0.05, 0) is 12.5 Å². The van der Waals surface area contributed by atoms with Gasteiger partial charge in [-0.25, -0.2) is 9.50 Å². The van der Waals surface area contributed by atoms with Crippen LogP contribution in [0, 0.1) is 0 Å². The minimum absolute atomic E-state index is 0.0763. The average molecular weight is 236 g/mol. The van der Waals surface area contributed by atoms with Gasteiger partial charge in [0.2, 0.25) is 0 Å². The molecule has 0 saturated carbocycles. The summed E-state index contributed by atoms with van der Waals surface area (Å²) in [4.78, 5) is 4.38. The highest BCUT2D eigenvalue weighted by atomic mass is 16.5. The molecule has 2 rings (SSSR count). The molecule has 0 bridgehead atoms. The summed E-state index contributed by atoms with van der Waals surface area (Å²) in [6.07, 6.45) is 4.47. The molecule has 0 aliphatic rings. The summed E-state index contributed by atoms with van der Waals surface area (Å²) in [7, 11) is 0. The van der Waals surface area contributed by atoms with Crippen molar-refractivity contribution in [3.8, 4) is 0 Å². The van der Waals surface area contributed by atoms with E-state index in [1.165, 1.54) is 0 Å². The smallest absolute Gasteiger partial charge is 0.157 e. The molecule has 0 saturated heterocycles. The van der Waals surface area contributed by atoms with Crippen LogP contribution in [0.15, 0.2) is 24.5 Å². The van der Waals surface area contributed by atoms with Crippen LogP contribution in [0.25, 0.3) is 5.65 Å². The minimum Gasteiger partial charge on any atom is -0.394 e. The van der Waals surface area contributed by atoms with Gasteiger partial charge in [0.15, 0.2) is 5.65 Å². The lowest BCUT2D eigenvalue weighted by Crippen LogP contribution is -2.08. The number of hydrogen-bond acceptors (Lipinski definition) is 5. The van der Waals surface area contributed by atoms with Crippen molar-refractivity contribution in [2.75, 3.05) is 31.7 Å². The normalized spacial score (nSPS) is 10.9. The van der Waals surface area contributed by atoms with E-state index in [0.717, 1.165) is 24.4 Å². The predicted molar refractivity (Wildman–Crippen MR) is 64.0 cm³/mol. The van der Waals surface area contributed by atoms with Crippen LogP contribution < -0.4 is 5.32 Å². The number of rotatable bonds is 7. The molecule has 0 fully saturated rings. The van der Waals surface area contributed by atoms with Crippen LogP contribution in [0.3, 0.4) is 0 Å². The van der Waals surface area contributed by atoms with Crippen molar-refractivity contribution in [2.24, 2.45) is 0 Å². The summed E-state index contributed by atoms with van der Waals surface area (Å²) in [5.74, 6) is 0.833. The summed E-state index contributed by atoms with van der Waals surface area (Å²) in [6.45, 7) is 1.91. The molecule has 0 radical (unpaired) electrons. The van der Waals surface area contributed by atoms with E-state index in [9.17, 15) is 0 Å². The number of hydrogen-bond donors (Lipinski definition) is 2. The van der Waals surface area contributed by atoms with Crippen molar-refractivity contribution < 1.29 is 9.84 Å². The SMILES string of the molecule is OCCOCCCNc1ccn2nccc2n1. The largest absolute Gasteiger partial charge is 0.394 e. The van der Waals surface area contributed by atoms with Gasteiger partial charge in [-0.3, -0.25) is 0 Å². The highest BCUT2D eigenvalue weighted by Crippen LogP contribution is 2.05. The second-order valence-corrected chi connectivity index (χ2v) is 3.56. The van der Waals surface area contributed by atoms with E-state index in [2.05, 4.69) is 15.4 Å². The third-order valence-corrected chi connectivity index (χ3v) is 2.27. The first-order valence-electron chi connectivity index (χ1n) is 5.63. The lowest BCUT2D eigenvalue weighted by molar-refractivity contribution is 0.0922. The zero-order chi connectivity index (χ0) is 11.9. The zero-order valence-corrected chi connectivity index (χ0v) is 9.54. The molecule has 2 aromatic rings. The van der Waals surface area contributed by atoms with Gasteiger partial charge in [-0.2, -0.15) is 5.10 Å². The fourth-order valence-corrected chi connectivity index (χ4v) is 1.47. The number of anilines is 1. The number of aliphatic hydroxyl groups excluding tert-OH is 1. The van der Waals surface area contributed by atoms with Crippen LogP contribution in [-0.4, -0.2) is 46.1 Å². The van der Waals surface area contributed by atoms with Crippen molar-refractivity contribution >= 4 is 11.5 Å². The third-order valence-electron chi connectivity index (χ3n) is 2.27. The fourth-order valence-electron chi connectivity index (χ4n) is 1.47. The Hall–Kier alpha value is -1.66. The summed E-state index contributed by atoms with van der Waals surface area (Å²) in [5.41, 5.74) is 0.825. The van der Waals surface area contributed by atoms with Crippen molar-refractivity contribution in [3.63, 3.8) is 0 Å². The maximum atomic E-state index is 8.52. The van der Waals surface area contributed by atoms with Gasteiger partial charge in [0.1, 0.15) is 5.82 Å². The van der Waals surface area contributed by atoms with Crippen LogP contribution in [0.4, 0.5) is 5.82 Å². The Balaban J connectivity index is 1.75. The van der Waals surface area contributed by atoms with Crippen LogP contribution in [0.2, 0.25) is 0 Å². The van der Waals surface area contributed by atoms with E-state index in [1.54, 1.807) is 10.7 Å². The summed E-state index contributed by atoms with van der Waals surface area (Å²) >= 11 is 0. The van der Waals surface area contributed by atoms with Gasteiger partial charge in [0.25, 0.3) is 0 Å². The predicted octanol–water partition coefficient (Wildman–Crippen LogP) is 0.540. The van der Waals surface area contributed by atoms with E-state index in [1.807, 2.05) is 18.3 Å². The van der Waals surface area contributed by atoms with Gasteiger partial charge >= 0.3 is 0 Å². The molecule has 6 heteroatoms. The Labute approximate surface area is 99.2 Å². The second-order valence-electron chi connectivity index (χ2n) is 3.56. The van der Waals surface area contributed by atoms with Gasteiger partial charge in [-0.15, -0.1) is 0 Å². The number of nitrogens with zero attached hydrogens (tertiary/aromatic N) is 3. The van der Waals surface area contributed by atoms with Gasteiger partial charge in [-0.1, -0.05) is 0 Å². The van der Waals surface area contributed by atoms with Crippen LogP contribution >= 0.6 is 0 Å². The lowest BCUT2D eigenvalue weighted by atomic mass is 10.4. The standard InChI is InChI=1S/C11H16N4O2/c16-7-9-17-8-1-4-12-10-3-6-15-11(14-10)2-5-13-15/h2-3,5-6,16H,1,4,7-9H2,(H,12,14). The molecule has 0 aliphatic carbocycles. The fraction of sp³-hybridized carbons (Fsp3) is 0.455. The lowest BCUT2D eigenvalue weighted by Gasteiger charge is -2.06. The first kappa shape index (κ1) is 11.8. The molecule has 0 amide bonds. The third kappa shape index (κ3) is 3.40. The van der Waals surface area contributed by atoms with Gasteiger partial charge in [0.05, 0.1) is 19.4 Å². The molecule has 0 atom stereocenters. The van der Waals surface area contributed by atoms with Crippen molar-refractivity contribution in [3.05, 3.63) is 24.5 Å². The second kappa shape index (κ2) is 6.17. The molecule has 0 aromatic carbocycles. The number of nitrogens with one attached hydrogen (secondary N) is 1. The minimum atomic E-state index is 0.0763. The molecule has 0 aliphatic heterocycles. The maximum absolute atomic E-state index is 8.52. The van der Waals surface area contributed by atoms with Gasteiger partial charge in [0, 0.05) is 25.4 Å². The van der Waals surface area contributed by atoms with Crippen molar-refractivity contribution in [2.45, 2.75) is 6.42 Å². The Bertz CT molecular complexity index is 457. The summed E-state index contributed by atoms with van der Waals surface area (Å²) in [5, 5.41) is 15.8. The summed E-state index contributed by atoms with van der Waals surface area (Å²) in [6, 6.07) is 3.74. The van der Waals surface area contributed by atoms with E-state index >= 15 is 0 Å². The van der Waals surface area contributed by atoms with E-state index in [4.69, 9.17) is 9.84 Å². The molecule has 2 heterocycles. The van der Waals surface area contributed by atoms with Crippen molar-refractivity contribution in [1.82, 2.24) is 14.6 Å². The number of fused-ring (bicyclic) bond motifs is 1. The first-order chi connectivity index (χ1) is 8.40. The highest BCUT2D eigenvalue weighted by Gasteiger charge is 1.97. The number of aromatic nitrogens is 3. The van der Waals surface area contributed by atoms with Gasteiger partial charge < -0.3 is 15.2 Å². The monoisotopic (exact) mass is 236 g/mol. The Morgan fingerprint density at radius 2 is 2.29 bits per heavy atom. The molecule has 17 heavy (non-hydrogen) atoms. The molecular formula is C11H16N4O2. The van der Waals surface area contributed by atoms with E-state index in [-0.39, 0.29) is 6.61 Å². The molecule has 6 nitrogen and oxygen atoms in total. The molecule has 92 valence electrons. The summed E-state index contributed by atoms with van der Waals surface area (Å²) < 4.78 is 6.87. The van der Waals surface area contributed by atoms with Crippen molar-refractivity contribution in [1.29, 1.82) is 0 Å². The topological polar surface area (TPSA) is 71.7 Å². The zero-order valence-electron chi connectivity index (χ0n) is 9.54.